The zero-order valence-electron chi connectivity index (χ0n) is 12.6. The Kier molecular flexibility index (Phi) is 5.75. The van der Waals surface area contributed by atoms with Gasteiger partial charge < -0.3 is 5.73 Å². The lowest BCUT2D eigenvalue weighted by molar-refractivity contribution is 0.128. The van der Waals surface area contributed by atoms with E-state index < -0.39 is 10.0 Å². The normalized spacial score (nSPS) is 17.1. The minimum Gasteiger partial charge on any atom is -0.330 e. The predicted molar refractivity (Wildman–Crippen MR) is 85.3 cm³/mol. The third kappa shape index (κ3) is 5.07. The predicted octanol–water partition coefficient (Wildman–Crippen LogP) is 0.729. The fourth-order valence-electron chi connectivity index (χ4n) is 2.67. The van der Waals surface area contributed by atoms with Gasteiger partial charge in [-0.2, -0.15) is 0 Å². The molecule has 118 valence electrons. The first-order valence-corrected chi connectivity index (χ1v) is 9.25. The Labute approximate surface area is 127 Å². The first-order valence-electron chi connectivity index (χ1n) is 7.40. The molecule has 0 aromatic heterocycles. The number of hydrogen-bond acceptors (Lipinski definition) is 4. The maximum atomic E-state index is 11.4. The van der Waals surface area contributed by atoms with Crippen LogP contribution < -0.4 is 5.73 Å². The van der Waals surface area contributed by atoms with E-state index in [9.17, 15) is 8.42 Å². The van der Waals surface area contributed by atoms with E-state index in [4.69, 9.17) is 5.73 Å². The highest BCUT2D eigenvalue weighted by molar-refractivity contribution is 7.88. The molecule has 1 aromatic carbocycles. The maximum absolute atomic E-state index is 11.4. The van der Waals surface area contributed by atoms with Crippen LogP contribution >= 0.6 is 0 Å². The van der Waals surface area contributed by atoms with Gasteiger partial charge in [0.15, 0.2) is 0 Å². The van der Waals surface area contributed by atoms with E-state index in [1.165, 1.54) is 11.8 Å². The zero-order chi connectivity index (χ0) is 15.3. The highest BCUT2D eigenvalue weighted by atomic mass is 32.2. The Hall–Kier alpha value is -0.950. The standard InChI is InChI=1S/C15H25N3O2S/c1-21(19,20)18-12-15(13-18)11-17(9-5-8-16)10-14-6-3-2-4-7-14/h2-4,6-7,15H,5,8-13,16H2,1H3. The van der Waals surface area contributed by atoms with Gasteiger partial charge in [-0.25, -0.2) is 12.7 Å². The van der Waals surface area contributed by atoms with E-state index >= 15 is 0 Å². The lowest BCUT2D eigenvalue weighted by Gasteiger charge is -2.40. The van der Waals surface area contributed by atoms with E-state index in [-0.39, 0.29) is 0 Å². The monoisotopic (exact) mass is 311 g/mol. The van der Waals surface area contributed by atoms with E-state index in [0.29, 0.717) is 25.6 Å². The smallest absolute Gasteiger partial charge is 0.211 e. The Morgan fingerprint density at radius 3 is 2.52 bits per heavy atom. The van der Waals surface area contributed by atoms with Crippen LogP contribution in [0, 0.1) is 5.92 Å². The third-order valence-electron chi connectivity index (χ3n) is 3.84. The molecule has 6 heteroatoms. The molecule has 0 amide bonds. The minimum atomic E-state index is -3.02. The van der Waals surface area contributed by atoms with Crippen LogP contribution in [0.25, 0.3) is 0 Å². The van der Waals surface area contributed by atoms with Crippen LogP contribution in [-0.2, 0) is 16.6 Å². The SMILES string of the molecule is CS(=O)(=O)N1CC(CN(CCCN)Cc2ccccc2)C1. The van der Waals surface area contributed by atoms with Crippen LogP contribution in [0.3, 0.4) is 0 Å². The molecule has 2 rings (SSSR count). The van der Waals surface area contributed by atoms with Gasteiger partial charge >= 0.3 is 0 Å². The Bertz CT molecular complexity index is 527. The second-order valence-corrected chi connectivity index (χ2v) is 7.79. The molecule has 1 fully saturated rings. The molecule has 1 aliphatic rings. The number of nitrogens with two attached hydrogens (primary N) is 1. The summed E-state index contributed by atoms with van der Waals surface area (Å²) in [6, 6.07) is 10.4. The summed E-state index contributed by atoms with van der Waals surface area (Å²) in [5, 5.41) is 0. The molecule has 1 saturated heterocycles. The van der Waals surface area contributed by atoms with Crippen molar-refractivity contribution in [2.45, 2.75) is 13.0 Å². The fourth-order valence-corrected chi connectivity index (χ4v) is 3.63. The van der Waals surface area contributed by atoms with Crippen LogP contribution in [0.2, 0.25) is 0 Å². The molecule has 5 nitrogen and oxygen atoms in total. The molecule has 0 saturated carbocycles. The van der Waals surface area contributed by atoms with Gasteiger partial charge in [0.1, 0.15) is 0 Å². The van der Waals surface area contributed by atoms with Crippen LogP contribution in [0.5, 0.6) is 0 Å². The van der Waals surface area contributed by atoms with E-state index in [2.05, 4.69) is 17.0 Å². The fraction of sp³-hybridized carbons (Fsp3) is 0.600. The van der Waals surface area contributed by atoms with Crippen LogP contribution in [0.15, 0.2) is 30.3 Å². The van der Waals surface area contributed by atoms with Gasteiger partial charge in [0.2, 0.25) is 10.0 Å². The van der Waals surface area contributed by atoms with Gasteiger partial charge in [0, 0.05) is 26.2 Å². The number of benzene rings is 1. The maximum Gasteiger partial charge on any atom is 0.211 e. The lowest BCUT2D eigenvalue weighted by atomic mass is 10.0. The van der Waals surface area contributed by atoms with Gasteiger partial charge in [-0.05, 0) is 31.0 Å². The van der Waals surface area contributed by atoms with Crippen molar-refractivity contribution in [1.29, 1.82) is 0 Å². The van der Waals surface area contributed by atoms with Crippen LogP contribution in [-0.4, -0.2) is 56.6 Å². The second kappa shape index (κ2) is 7.35. The van der Waals surface area contributed by atoms with Crippen molar-refractivity contribution in [1.82, 2.24) is 9.21 Å². The summed E-state index contributed by atoms with van der Waals surface area (Å²) < 4.78 is 24.4. The number of sulfonamides is 1. The molecule has 1 heterocycles. The molecule has 1 aromatic rings. The first kappa shape index (κ1) is 16.4. The second-order valence-electron chi connectivity index (χ2n) is 5.81. The summed E-state index contributed by atoms with van der Waals surface area (Å²) in [5.41, 5.74) is 6.90. The summed E-state index contributed by atoms with van der Waals surface area (Å²) in [7, 11) is -3.02. The largest absolute Gasteiger partial charge is 0.330 e. The molecular weight excluding hydrogens is 286 g/mol. The summed E-state index contributed by atoms with van der Waals surface area (Å²) in [6.07, 6.45) is 2.24. The van der Waals surface area contributed by atoms with Crippen molar-refractivity contribution >= 4 is 10.0 Å². The highest BCUT2D eigenvalue weighted by Gasteiger charge is 2.33. The molecule has 21 heavy (non-hydrogen) atoms. The van der Waals surface area contributed by atoms with Gasteiger partial charge in [0.05, 0.1) is 6.26 Å². The number of hydrogen-bond donors (Lipinski definition) is 1. The van der Waals surface area contributed by atoms with Crippen molar-refractivity contribution in [3.05, 3.63) is 35.9 Å². The molecule has 2 N–H and O–H groups in total. The summed E-state index contributed by atoms with van der Waals surface area (Å²) in [5.74, 6) is 0.432. The van der Waals surface area contributed by atoms with E-state index in [1.54, 1.807) is 4.31 Å². The Balaban J connectivity index is 1.86. The van der Waals surface area contributed by atoms with Gasteiger partial charge in [-0.3, -0.25) is 4.90 Å². The molecule has 0 radical (unpaired) electrons. The quantitative estimate of drug-likeness (QED) is 0.768. The van der Waals surface area contributed by atoms with E-state index in [1.807, 2.05) is 18.2 Å². The van der Waals surface area contributed by atoms with Crippen molar-refractivity contribution in [2.75, 3.05) is 39.0 Å². The molecule has 1 aliphatic heterocycles. The van der Waals surface area contributed by atoms with Gasteiger partial charge in [-0.15, -0.1) is 0 Å². The van der Waals surface area contributed by atoms with Crippen molar-refractivity contribution < 1.29 is 8.42 Å². The highest BCUT2D eigenvalue weighted by Crippen LogP contribution is 2.20. The van der Waals surface area contributed by atoms with E-state index in [0.717, 1.165) is 26.1 Å². The Morgan fingerprint density at radius 1 is 1.29 bits per heavy atom. The summed E-state index contributed by atoms with van der Waals surface area (Å²) in [4.78, 5) is 2.38. The molecular formula is C15H25N3O2S. The van der Waals surface area contributed by atoms with Crippen molar-refractivity contribution in [3.8, 4) is 0 Å². The van der Waals surface area contributed by atoms with Crippen molar-refractivity contribution in [3.63, 3.8) is 0 Å². The average Bonchev–Trinajstić information content (AvgIpc) is 2.39. The Morgan fingerprint density at radius 2 is 1.95 bits per heavy atom. The topological polar surface area (TPSA) is 66.6 Å². The van der Waals surface area contributed by atoms with Crippen LogP contribution in [0.1, 0.15) is 12.0 Å². The molecule has 0 atom stereocenters. The third-order valence-corrected chi connectivity index (χ3v) is 5.07. The summed E-state index contributed by atoms with van der Waals surface area (Å²) in [6.45, 7) is 4.77. The molecule has 0 spiro atoms. The number of nitrogens with zero attached hydrogens (tertiary/aromatic N) is 2. The average molecular weight is 311 g/mol. The minimum absolute atomic E-state index is 0.432. The van der Waals surface area contributed by atoms with Gasteiger partial charge in [-0.1, -0.05) is 30.3 Å². The zero-order valence-corrected chi connectivity index (χ0v) is 13.4. The van der Waals surface area contributed by atoms with Gasteiger partial charge in [0.25, 0.3) is 0 Å². The summed E-state index contributed by atoms with van der Waals surface area (Å²) >= 11 is 0. The number of rotatable bonds is 8. The lowest BCUT2D eigenvalue weighted by Crippen LogP contribution is -2.53. The first-order chi connectivity index (χ1) is 9.99. The van der Waals surface area contributed by atoms with Crippen LogP contribution in [0.4, 0.5) is 0 Å². The molecule has 0 bridgehead atoms. The molecule has 0 unspecified atom stereocenters. The molecule has 0 aliphatic carbocycles. The van der Waals surface area contributed by atoms with Crippen molar-refractivity contribution in [2.24, 2.45) is 11.7 Å².